The van der Waals surface area contributed by atoms with Crippen molar-refractivity contribution >= 4 is 21.6 Å². The number of sulfonamides is 1. The molecule has 0 unspecified atom stereocenters. The molecule has 2 aromatic carbocycles. The van der Waals surface area contributed by atoms with E-state index < -0.39 is 27.7 Å². The summed E-state index contributed by atoms with van der Waals surface area (Å²) < 4.78 is 73.3. The van der Waals surface area contributed by atoms with Gasteiger partial charge in [-0.3, -0.25) is 4.79 Å². The molecule has 3 aromatic rings. The zero-order valence-electron chi connectivity index (χ0n) is 17.1. The molecule has 0 atom stereocenters. The highest BCUT2D eigenvalue weighted by Crippen LogP contribution is 2.33. The molecule has 174 valence electrons. The number of hydrogen-bond donors (Lipinski definition) is 1. The molecule has 0 spiro atoms. The number of benzene rings is 2. The van der Waals surface area contributed by atoms with Gasteiger partial charge >= 0.3 is 6.18 Å². The Morgan fingerprint density at radius 3 is 2.48 bits per heavy atom. The molecule has 0 bridgehead atoms. The van der Waals surface area contributed by atoms with Crippen LogP contribution in [-0.4, -0.2) is 54.7 Å². The number of alkyl halides is 3. The van der Waals surface area contributed by atoms with Crippen molar-refractivity contribution in [2.24, 2.45) is 0 Å². The smallest absolute Gasteiger partial charge is 0.379 e. The second kappa shape index (κ2) is 8.96. The van der Waals surface area contributed by atoms with Crippen LogP contribution in [0, 0.1) is 0 Å². The average Bonchev–Trinajstić information content (AvgIpc) is 3.34. The van der Waals surface area contributed by atoms with Crippen molar-refractivity contribution in [1.82, 2.24) is 14.1 Å². The highest BCUT2D eigenvalue weighted by Gasteiger charge is 2.32. The predicted octanol–water partition coefficient (Wildman–Crippen LogP) is 3.16. The zero-order chi connectivity index (χ0) is 23.6. The van der Waals surface area contributed by atoms with E-state index in [1.54, 1.807) is 6.07 Å². The second-order valence-electron chi connectivity index (χ2n) is 7.18. The van der Waals surface area contributed by atoms with Crippen LogP contribution in [0.1, 0.15) is 15.9 Å². The number of carbonyl (C=O) groups is 1. The van der Waals surface area contributed by atoms with Crippen LogP contribution in [-0.2, 0) is 20.9 Å². The van der Waals surface area contributed by atoms with Gasteiger partial charge < -0.3 is 10.1 Å². The Kier molecular flexibility index (Phi) is 6.23. The molecule has 0 aliphatic carbocycles. The minimum Gasteiger partial charge on any atom is -0.379 e. The number of rotatable bonds is 5. The van der Waals surface area contributed by atoms with Crippen LogP contribution in [0.15, 0.2) is 65.8 Å². The van der Waals surface area contributed by atoms with E-state index in [0.717, 1.165) is 12.1 Å². The highest BCUT2D eigenvalue weighted by molar-refractivity contribution is 7.89. The fraction of sp³-hybridized carbons (Fsp3) is 0.238. The van der Waals surface area contributed by atoms with Crippen LogP contribution in [0.4, 0.5) is 18.9 Å². The van der Waals surface area contributed by atoms with E-state index >= 15 is 0 Å². The molecule has 1 amide bonds. The topological polar surface area (TPSA) is 93.5 Å². The van der Waals surface area contributed by atoms with Crippen molar-refractivity contribution < 1.29 is 31.1 Å². The Morgan fingerprint density at radius 2 is 1.82 bits per heavy atom. The molecule has 1 aromatic heterocycles. The molecule has 1 N–H and O–H groups in total. The maximum Gasteiger partial charge on any atom is 0.416 e. The Hall–Kier alpha value is -3.22. The van der Waals surface area contributed by atoms with Gasteiger partial charge in [-0.25, -0.2) is 13.1 Å². The zero-order valence-corrected chi connectivity index (χ0v) is 17.9. The van der Waals surface area contributed by atoms with E-state index in [9.17, 15) is 26.4 Å². The van der Waals surface area contributed by atoms with Gasteiger partial charge in [0.2, 0.25) is 10.0 Å². The summed E-state index contributed by atoms with van der Waals surface area (Å²) in [6.07, 6.45) is -1.65. The summed E-state index contributed by atoms with van der Waals surface area (Å²) in [5.41, 5.74) is -0.871. The van der Waals surface area contributed by atoms with Gasteiger partial charge in [0.05, 0.1) is 35.0 Å². The second-order valence-corrected chi connectivity index (χ2v) is 9.12. The van der Waals surface area contributed by atoms with Gasteiger partial charge in [-0.05, 0) is 42.5 Å². The van der Waals surface area contributed by atoms with Crippen molar-refractivity contribution in [1.29, 1.82) is 0 Å². The summed E-state index contributed by atoms with van der Waals surface area (Å²) in [5, 5.41) is 6.46. The average molecular weight is 480 g/mol. The summed E-state index contributed by atoms with van der Waals surface area (Å²) in [7, 11) is -3.85. The molecular formula is C21H19F3N4O4S. The van der Waals surface area contributed by atoms with Gasteiger partial charge in [0.15, 0.2) is 0 Å². The lowest BCUT2D eigenvalue weighted by atomic mass is 10.1. The van der Waals surface area contributed by atoms with Gasteiger partial charge in [0, 0.05) is 31.0 Å². The van der Waals surface area contributed by atoms with Gasteiger partial charge in [-0.15, -0.1) is 0 Å². The molecule has 0 saturated carbocycles. The summed E-state index contributed by atoms with van der Waals surface area (Å²) in [6, 6.07) is 9.83. The number of anilines is 1. The number of ether oxygens (including phenoxy) is 1. The van der Waals surface area contributed by atoms with Crippen LogP contribution in [0.5, 0.6) is 0 Å². The third-order valence-electron chi connectivity index (χ3n) is 5.03. The Bertz CT molecular complexity index is 1250. The minimum atomic E-state index is -4.62. The van der Waals surface area contributed by atoms with E-state index in [0.29, 0.717) is 0 Å². The fourth-order valence-electron chi connectivity index (χ4n) is 3.35. The molecule has 1 aliphatic heterocycles. The molecule has 1 fully saturated rings. The quantitative estimate of drug-likeness (QED) is 0.606. The molecule has 4 rings (SSSR count). The number of morpholine rings is 1. The minimum absolute atomic E-state index is 0.0202. The lowest BCUT2D eigenvalue weighted by Crippen LogP contribution is -2.40. The SMILES string of the molecule is O=C(Nc1cc(C(F)(F)F)ccc1-n1cccn1)c1cccc(S(=O)(=O)N2CCOCC2)c1. The first-order valence-electron chi connectivity index (χ1n) is 9.87. The first-order valence-corrected chi connectivity index (χ1v) is 11.3. The molecule has 0 radical (unpaired) electrons. The van der Waals surface area contributed by atoms with Crippen molar-refractivity contribution in [3.63, 3.8) is 0 Å². The van der Waals surface area contributed by atoms with E-state index in [4.69, 9.17) is 4.74 Å². The van der Waals surface area contributed by atoms with Crippen molar-refractivity contribution in [2.75, 3.05) is 31.6 Å². The van der Waals surface area contributed by atoms with Crippen molar-refractivity contribution in [3.8, 4) is 5.69 Å². The molecule has 2 heterocycles. The maximum absolute atomic E-state index is 13.2. The Labute approximate surface area is 187 Å². The van der Waals surface area contributed by atoms with E-state index in [1.807, 2.05) is 0 Å². The number of amides is 1. The molecule has 12 heteroatoms. The van der Waals surface area contributed by atoms with Crippen LogP contribution in [0.25, 0.3) is 5.69 Å². The number of nitrogens with zero attached hydrogens (tertiary/aromatic N) is 3. The largest absolute Gasteiger partial charge is 0.416 e. The van der Waals surface area contributed by atoms with Gasteiger partial charge in [-0.1, -0.05) is 6.07 Å². The summed E-state index contributed by atoms with van der Waals surface area (Å²) in [4.78, 5) is 12.8. The number of halogens is 3. The molecule has 33 heavy (non-hydrogen) atoms. The maximum atomic E-state index is 13.2. The number of nitrogens with one attached hydrogen (secondary N) is 1. The normalized spacial score (nSPS) is 15.4. The Morgan fingerprint density at radius 1 is 1.06 bits per heavy atom. The number of aromatic nitrogens is 2. The van der Waals surface area contributed by atoms with Crippen LogP contribution >= 0.6 is 0 Å². The van der Waals surface area contributed by atoms with E-state index in [2.05, 4.69) is 10.4 Å². The van der Waals surface area contributed by atoms with Crippen LogP contribution in [0.3, 0.4) is 0 Å². The van der Waals surface area contributed by atoms with Gasteiger partial charge in [-0.2, -0.15) is 22.6 Å². The summed E-state index contributed by atoms with van der Waals surface area (Å²) >= 11 is 0. The van der Waals surface area contributed by atoms with Crippen LogP contribution < -0.4 is 5.32 Å². The third kappa shape index (κ3) is 4.92. The summed E-state index contributed by atoms with van der Waals surface area (Å²) in [5.74, 6) is -0.762. The van der Waals surface area contributed by atoms with Gasteiger partial charge in [0.25, 0.3) is 5.91 Å². The van der Waals surface area contributed by atoms with Gasteiger partial charge in [0.1, 0.15) is 0 Å². The van der Waals surface area contributed by atoms with E-state index in [1.165, 1.54) is 51.7 Å². The van der Waals surface area contributed by atoms with Crippen molar-refractivity contribution in [2.45, 2.75) is 11.1 Å². The molecular weight excluding hydrogens is 461 g/mol. The van der Waals surface area contributed by atoms with Crippen LogP contribution in [0.2, 0.25) is 0 Å². The number of carbonyl (C=O) groups excluding carboxylic acids is 1. The predicted molar refractivity (Wildman–Crippen MR) is 113 cm³/mol. The Balaban J connectivity index is 1.65. The number of hydrogen-bond acceptors (Lipinski definition) is 5. The highest BCUT2D eigenvalue weighted by atomic mass is 32.2. The third-order valence-corrected chi connectivity index (χ3v) is 6.92. The van der Waals surface area contributed by atoms with E-state index in [-0.39, 0.29) is 48.1 Å². The first kappa shape index (κ1) is 23.0. The molecule has 1 saturated heterocycles. The standard InChI is InChI=1S/C21H19F3N4O4S/c22-21(23,24)16-5-6-19(28-8-2-7-25-28)18(14-16)26-20(29)15-3-1-4-17(13-15)33(30,31)27-9-11-32-12-10-27/h1-8,13-14H,9-12H2,(H,26,29). The lowest BCUT2D eigenvalue weighted by Gasteiger charge is -2.26. The molecule has 1 aliphatic rings. The van der Waals surface area contributed by atoms with Crippen molar-refractivity contribution in [3.05, 3.63) is 72.1 Å². The fourth-order valence-corrected chi connectivity index (χ4v) is 4.81. The lowest BCUT2D eigenvalue weighted by molar-refractivity contribution is -0.137. The summed E-state index contributed by atoms with van der Waals surface area (Å²) in [6.45, 7) is 0.919. The molecule has 8 nitrogen and oxygen atoms in total. The monoisotopic (exact) mass is 480 g/mol. The first-order chi connectivity index (χ1) is 15.7.